The molecule has 1 aromatic rings. The molecule has 1 amide bonds. The topological polar surface area (TPSA) is 49.3 Å². The summed E-state index contributed by atoms with van der Waals surface area (Å²) in [5, 5.41) is 13.1. The van der Waals surface area contributed by atoms with Gasteiger partial charge in [-0.1, -0.05) is 45.0 Å². The third kappa shape index (κ3) is 2.27. The molecule has 0 saturated carbocycles. The van der Waals surface area contributed by atoms with E-state index in [2.05, 4.69) is 5.32 Å². The molecule has 18 heavy (non-hydrogen) atoms. The van der Waals surface area contributed by atoms with E-state index in [1.165, 1.54) is 0 Å². The first-order valence-electron chi connectivity index (χ1n) is 6.52. The number of aliphatic hydroxyl groups is 1. The summed E-state index contributed by atoms with van der Waals surface area (Å²) in [5.41, 5.74) is 1.78. The van der Waals surface area contributed by atoms with Gasteiger partial charge in [0.25, 0.3) is 0 Å². The first-order chi connectivity index (χ1) is 8.45. The van der Waals surface area contributed by atoms with Crippen LogP contribution in [-0.4, -0.2) is 17.1 Å². The molecule has 0 aliphatic heterocycles. The van der Waals surface area contributed by atoms with Gasteiger partial charge >= 0.3 is 0 Å². The number of hydrogen-bond donors (Lipinski definition) is 2. The fourth-order valence-corrected chi connectivity index (χ4v) is 2.25. The van der Waals surface area contributed by atoms with E-state index in [1.807, 2.05) is 45.0 Å². The molecule has 2 atom stereocenters. The van der Waals surface area contributed by atoms with Gasteiger partial charge in [0.05, 0.1) is 12.1 Å². The Balaban J connectivity index is 2.18. The molecule has 3 nitrogen and oxygen atoms in total. The van der Waals surface area contributed by atoms with Crippen molar-refractivity contribution in [1.29, 1.82) is 0 Å². The minimum atomic E-state index is -0.515. The zero-order valence-electron chi connectivity index (χ0n) is 11.2. The predicted octanol–water partition coefficient (Wildman–Crippen LogP) is 2.20. The molecule has 0 aromatic heterocycles. The van der Waals surface area contributed by atoms with Crippen molar-refractivity contribution in [3.05, 3.63) is 35.4 Å². The number of amides is 1. The Morgan fingerprint density at radius 3 is 2.78 bits per heavy atom. The smallest absolute Gasteiger partial charge is 0.226 e. The number of hydrogen-bond acceptors (Lipinski definition) is 2. The molecular formula is C15H21NO2. The zero-order chi connectivity index (χ0) is 13.3. The van der Waals surface area contributed by atoms with Crippen LogP contribution in [0.2, 0.25) is 0 Å². The zero-order valence-corrected chi connectivity index (χ0v) is 11.2. The van der Waals surface area contributed by atoms with Crippen molar-refractivity contribution in [2.45, 2.75) is 45.8 Å². The van der Waals surface area contributed by atoms with Gasteiger partial charge in [0.15, 0.2) is 0 Å². The summed E-state index contributed by atoms with van der Waals surface area (Å²) in [4.78, 5) is 12.2. The van der Waals surface area contributed by atoms with Crippen molar-refractivity contribution in [2.24, 2.45) is 5.41 Å². The number of carbonyl (C=O) groups excluding carboxylic acids is 1. The lowest BCUT2D eigenvalue weighted by Crippen LogP contribution is -2.41. The largest absolute Gasteiger partial charge is 0.390 e. The normalized spacial score (nSPS) is 22.7. The molecule has 3 heteroatoms. The number of benzene rings is 1. The minimum Gasteiger partial charge on any atom is -0.390 e. The Kier molecular flexibility index (Phi) is 3.44. The van der Waals surface area contributed by atoms with E-state index < -0.39 is 11.5 Å². The number of nitrogens with one attached hydrogen (secondary N) is 1. The Morgan fingerprint density at radius 1 is 1.44 bits per heavy atom. The Hall–Kier alpha value is -1.35. The highest BCUT2D eigenvalue weighted by Gasteiger charge is 2.35. The van der Waals surface area contributed by atoms with Gasteiger partial charge in [-0.05, 0) is 17.5 Å². The van der Waals surface area contributed by atoms with E-state index in [0.717, 1.165) is 17.5 Å². The highest BCUT2D eigenvalue weighted by Crippen LogP contribution is 2.32. The SMILES string of the molecule is CCC(C)(C)C(=O)N[C@@H]1c2ccccc2C[C@@H]1O. The Bertz CT molecular complexity index is 454. The molecule has 0 saturated heterocycles. The summed E-state index contributed by atoms with van der Waals surface area (Å²) in [6.07, 6.45) is 0.885. The van der Waals surface area contributed by atoms with Crippen molar-refractivity contribution >= 4 is 5.91 Å². The van der Waals surface area contributed by atoms with Gasteiger partial charge in [-0.3, -0.25) is 4.79 Å². The van der Waals surface area contributed by atoms with Crippen LogP contribution < -0.4 is 5.32 Å². The second kappa shape index (κ2) is 4.73. The van der Waals surface area contributed by atoms with Crippen LogP contribution in [0.15, 0.2) is 24.3 Å². The van der Waals surface area contributed by atoms with Crippen molar-refractivity contribution in [3.63, 3.8) is 0 Å². The first kappa shape index (κ1) is 13.1. The van der Waals surface area contributed by atoms with E-state index in [4.69, 9.17) is 0 Å². The average molecular weight is 247 g/mol. The van der Waals surface area contributed by atoms with Gasteiger partial charge in [0, 0.05) is 11.8 Å². The molecule has 0 bridgehead atoms. The Morgan fingerprint density at radius 2 is 2.11 bits per heavy atom. The third-order valence-electron chi connectivity index (χ3n) is 3.99. The van der Waals surface area contributed by atoms with Crippen LogP contribution in [0.5, 0.6) is 0 Å². The predicted molar refractivity (Wildman–Crippen MR) is 71.1 cm³/mol. The summed E-state index contributed by atoms with van der Waals surface area (Å²) in [6, 6.07) is 7.64. The van der Waals surface area contributed by atoms with Crippen LogP contribution >= 0.6 is 0 Å². The highest BCUT2D eigenvalue weighted by molar-refractivity contribution is 5.82. The van der Waals surface area contributed by atoms with Crippen molar-refractivity contribution in [3.8, 4) is 0 Å². The standard InChI is InChI=1S/C15H21NO2/c1-4-15(2,3)14(18)16-13-11-8-6-5-7-10(11)9-12(13)17/h5-8,12-13,17H,4,9H2,1-3H3,(H,16,18)/t12-,13+/m0/s1. The third-order valence-corrected chi connectivity index (χ3v) is 3.99. The van der Waals surface area contributed by atoms with E-state index in [-0.39, 0.29) is 11.9 Å². The van der Waals surface area contributed by atoms with E-state index in [0.29, 0.717) is 6.42 Å². The second-order valence-electron chi connectivity index (χ2n) is 5.66. The highest BCUT2D eigenvalue weighted by atomic mass is 16.3. The maximum atomic E-state index is 12.2. The molecule has 0 fully saturated rings. The summed E-state index contributed by atoms with van der Waals surface area (Å²) < 4.78 is 0. The van der Waals surface area contributed by atoms with Gasteiger partial charge in [0.1, 0.15) is 0 Å². The van der Waals surface area contributed by atoms with Crippen LogP contribution in [0.4, 0.5) is 0 Å². The summed E-state index contributed by atoms with van der Waals surface area (Å²) in [6.45, 7) is 5.85. The summed E-state index contributed by atoms with van der Waals surface area (Å²) >= 11 is 0. The molecule has 2 rings (SSSR count). The van der Waals surface area contributed by atoms with Crippen molar-refractivity contribution in [1.82, 2.24) is 5.32 Å². The number of carbonyl (C=O) groups is 1. The molecule has 98 valence electrons. The van der Waals surface area contributed by atoms with Gasteiger partial charge < -0.3 is 10.4 Å². The molecule has 0 heterocycles. The molecule has 1 aromatic carbocycles. The fraction of sp³-hybridized carbons (Fsp3) is 0.533. The number of aliphatic hydroxyl groups excluding tert-OH is 1. The van der Waals surface area contributed by atoms with E-state index >= 15 is 0 Å². The van der Waals surface area contributed by atoms with Crippen LogP contribution in [0.1, 0.15) is 44.4 Å². The van der Waals surface area contributed by atoms with Gasteiger partial charge in [0.2, 0.25) is 5.91 Å². The van der Waals surface area contributed by atoms with Crippen LogP contribution in [0.25, 0.3) is 0 Å². The lowest BCUT2D eigenvalue weighted by molar-refractivity contribution is -0.131. The monoisotopic (exact) mass is 247 g/mol. The maximum absolute atomic E-state index is 12.2. The Labute approximate surface area is 108 Å². The molecule has 0 radical (unpaired) electrons. The lowest BCUT2D eigenvalue weighted by atomic mass is 9.88. The molecular weight excluding hydrogens is 226 g/mol. The lowest BCUT2D eigenvalue weighted by Gasteiger charge is -2.26. The maximum Gasteiger partial charge on any atom is 0.226 e. The van der Waals surface area contributed by atoms with Crippen LogP contribution in [-0.2, 0) is 11.2 Å². The second-order valence-corrected chi connectivity index (χ2v) is 5.66. The van der Waals surface area contributed by atoms with Gasteiger partial charge in [-0.2, -0.15) is 0 Å². The molecule has 1 aliphatic carbocycles. The quantitative estimate of drug-likeness (QED) is 0.860. The van der Waals surface area contributed by atoms with Crippen LogP contribution in [0, 0.1) is 5.41 Å². The van der Waals surface area contributed by atoms with Gasteiger partial charge in [-0.25, -0.2) is 0 Å². The van der Waals surface area contributed by atoms with E-state index in [9.17, 15) is 9.90 Å². The molecule has 1 aliphatic rings. The molecule has 2 N–H and O–H groups in total. The van der Waals surface area contributed by atoms with Crippen molar-refractivity contribution < 1.29 is 9.90 Å². The van der Waals surface area contributed by atoms with E-state index in [1.54, 1.807) is 0 Å². The van der Waals surface area contributed by atoms with Crippen LogP contribution in [0.3, 0.4) is 0 Å². The fourth-order valence-electron chi connectivity index (χ4n) is 2.25. The minimum absolute atomic E-state index is 0.00533. The summed E-state index contributed by atoms with van der Waals surface area (Å²) in [7, 11) is 0. The summed E-state index contributed by atoms with van der Waals surface area (Å²) in [5.74, 6) is 0.00533. The first-order valence-corrected chi connectivity index (χ1v) is 6.52. The molecule has 0 spiro atoms. The van der Waals surface area contributed by atoms with Gasteiger partial charge in [-0.15, -0.1) is 0 Å². The van der Waals surface area contributed by atoms with Crippen molar-refractivity contribution in [2.75, 3.05) is 0 Å². The molecule has 0 unspecified atom stereocenters. The number of rotatable bonds is 3. The average Bonchev–Trinajstić information content (AvgIpc) is 2.66. The number of fused-ring (bicyclic) bond motifs is 1.